The molecule has 2 rings (SSSR count). The molecular weight excluding hydrogens is 296 g/mol. The van der Waals surface area contributed by atoms with E-state index >= 15 is 0 Å². The zero-order valence-corrected chi connectivity index (χ0v) is 12.7. The standard InChI is InChI=1S/C16H16Cl2FN/c1-11(13-4-7-15(18)16(19)10-13)20-9-8-12-2-5-14(17)6-3-12/h2-7,10-11,20H,8-9H2,1H3. The average molecular weight is 312 g/mol. The van der Waals surface area contributed by atoms with Gasteiger partial charge in [0.05, 0.1) is 5.02 Å². The van der Waals surface area contributed by atoms with E-state index in [2.05, 4.69) is 5.32 Å². The number of hydrogen-bond donors (Lipinski definition) is 1. The lowest BCUT2D eigenvalue weighted by molar-refractivity contribution is 0.567. The average Bonchev–Trinajstić information content (AvgIpc) is 2.44. The van der Waals surface area contributed by atoms with Crippen LogP contribution in [-0.4, -0.2) is 6.54 Å². The molecule has 0 amide bonds. The molecular formula is C16H16Cl2FN. The van der Waals surface area contributed by atoms with E-state index in [4.69, 9.17) is 23.2 Å². The van der Waals surface area contributed by atoms with Crippen LogP contribution in [0.2, 0.25) is 10.0 Å². The van der Waals surface area contributed by atoms with Gasteiger partial charge in [-0.05, 0) is 55.3 Å². The minimum atomic E-state index is -0.379. The summed E-state index contributed by atoms with van der Waals surface area (Å²) in [5.41, 5.74) is 2.11. The monoisotopic (exact) mass is 311 g/mol. The topological polar surface area (TPSA) is 12.0 Å². The number of nitrogens with one attached hydrogen (secondary N) is 1. The van der Waals surface area contributed by atoms with Crippen molar-refractivity contribution < 1.29 is 4.39 Å². The zero-order valence-electron chi connectivity index (χ0n) is 11.2. The van der Waals surface area contributed by atoms with Crippen LogP contribution < -0.4 is 5.32 Å². The third-order valence-corrected chi connectivity index (χ3v) is 3.78. The fourth-order valence-corrected chi connectivity index (χ4v) is 2.23. The van der Waals surface area contributed by atoms with E-state index in [1.165, 1.54) is 11.6 Å². The summed E-state index contributed by atoms with van der Waals surface area (Å²) in [7, 11) is 0. The Hall–Kier alpha value is -1.09. The Morgan fingerprint density at radius 1 is 1.10 bits per heavy atom. The first-order valence-electron chi connectivity index (χ1n) is 6.49. The minimum Gasteiger partial charge on any atom is -0.310 e. The van der Waals surface area contributed by atoms with Gasteiger partial charge in [0.15, 0.2) is 0 Å². The van der Waals surface area contributed by atoms with Gasteiger partial charge < -0.3 is 5.32 Å². The second-order valence-corrected chi connectivity index (χ2v) is 5.57. The molecule has 0 fully saturated rings. The van der Waals surface area contributed by atoms with Gasteiger partial charge in [-0.1, -0.05) is 41.4 Å². The van der Waals surface area contributed by atoms with Gasteiger partial charge in [0.25, 0.3) is 0 Å². The number of hydrogen-bond acceptors (Lipinski definition) is 1. The van der Waals surface area contributed by atoms with Crippen LogP contribution >= 0.6 is 23.2 Å². The smallest absolute Gasteiger partial charge is 0.142 e. The Bertz CT molecular complexity index is 569. The van der Waals surface area contributed by atoms with Crippen LogP contribution in [0.15, 0.2) is 42.5 Å². The van der Waals surface area contributed by atoms with Crippen molar-refractivity contribution in [3.63, 3.8) is 0 Å². The summed E-state index contributed by atoms with van der Waals surface area (Å²) in [6.45, 7) is 2.82. The van der Waals surface area contributed by atoms with Crippen LogP contribution in [0.1, 0.15) is 24.1 Å². The van der Waals surface area contributed by atoms with Crippen LogP contribution in [0.5, 0.6) is 0 Å². The van der Waals surface area contributed by atoms with Gasteiger partial charge in [-0.3, -0.25) is 0 Å². The Morgan fingerprint density at radius 3 is 2.45 bits per heavy atom. The van der Waals surface area contributed by atoms with E-state index in [-0.39, 0.29) is 16.9 Å². The Balaban J connectivity index is 1.87. The fourth-order valence-electron chi connectivity index (χ4n) is 1.98. The van der Waals surface area contributed by atoms with Crippen molar-refractivity contribution in [1.82, 2.24) is 5.32 Å². The van der Waals surface area contributed by atoms with E-state index in [0.29, 0.717) is 0 Å². The molecule has 2 aromatic rings. The molecule has 0 aliphatic carbocycles. The summed E-state index contributed by atoms with van der Waals surface area (Å²) < 4.78 is 13.4. The molecule has 0 aliphatic rings. The lowest BCUT2D eigenvalue weighted by atomic mass is 10.1. The van der Waals surface area contributed by atoms with Gasteiger partial charge in [0.1, 0.15) is 5.82 Å². The highest BCUT2D eigenvalue weighted by Crippen LogP contribution is 2.20. The lowest BCUT2D eigenvalue weighted by Crippen LogP contribution is -2.21. The highest BCUT2D eigenvalue weighted by atomic mass is 35.5. The molecule has 0 aromatic heterocycles. The van der Waals surface area contributed by atoms with Crippen LogP contribution in [0.3, 0.4) is 0 Å². The highest BCUT2D eigenvalue weighted by Gasteiger charge is 2.07. The SMILES string of the molecule is CC(NCCc1ccc(Cl)cc1)c1ccc(Cl)c(F)c1. The largest absolute Gasteiger partial charge is 0.310 e. The van der Waals surface area contributed by atoms with Gasteiger partial charge in [0.2, 0.25) is 0 Å². The van der Waals surface area contributed by atoms with Crippen molar-refractivity contribution in [2.75, 3.05) is 6.54 Å². The maximum absolute atomic E-state index is 13.4. The molecule has 0 spiro atoms. The van der Waals surface area contributed by atoms with Gasteiger partial charge in [0, 0.05) is 11.1 Å². The summed E-state index contributed by atoms with van der Waals surface area (Å²) in [6.07, 6.45) is 0.900. The molecule has 1 N–H and O–H groups in total. The van der Waals surface area contributed by atoms with E-state index in [0.717, 1.165) is 23.6 Å². The fraction of sp³-hybridized carbons (Fsp3) is 0.250. The molecule has 0 bridgehead atoms. The maximum Gasteiger partial charge on any atom is 0.142 e. The van der Waals surface area contributed by atoms with Crippen LogP contribution in [0.25, 0.3) is 0 Å². The quantitative estimate of drug-likeness (QED) is 0.817. The predicted molar refractivity (Wildman–Crippen MR) is 83.0 cm³/mol. The molecule has 2 aromatic carbocycles. The first-order valence-corrected chi connectivity index (χ1v) is 7.24. The van der Waals surface area contributed by atoms with Gasteiger partial charge in [-0.15, -0.1) is 0 Å². The Morgan fingerprint density at radius 2 is 1.80 bits per heavy atom. The second kappa shape index (κ2) is 7.07. The van der Waals surface area contributed by atoms with Crippen molar-refractivity contribution in [2.24, 2.45) is 0 Å². The van der Waals surface area contributed by atoms with Crippen molar-refractivity contribution in [2.45, 2.75) is 19.4 Å². The number of halogens is 3. The number of benzene rings is 2. The highest BCUT2D eigenvalue weighted by molar-refractivity contribution is 6.30. The molecule has 0 saturated heterocycles. The van der Waals surface area contributed by atoms with E-state index in [1.807, 2.05) is 37.3 Å². The normalized spacial score (nSPS) is 12.4. The van der Waals surface area contributed by atoms with E-state index in [9.17, 15) is 4.39 Å². The third kappa shape index (κ3) is 4.20. The zero-order chi connectivity index (χ0) is 14.5. The molecule has 0 radical (unpaired) electrons. The van der Waals surface area contributed by atoms with Crippen LogP contribution in [0.4, 0.5) is 4.39 Å². The third-order valence-electron chi connectivity index (χ3n) is 3.22. The van der Waals surface area contributed by atoms with Crippen molar-refractivity contribution in [3.8, 4) is 0 Å². The molecule has 106 valence electrons. The summed E-state index contributed by atoms with van der Waals surface area (Å²) in [4.78, 5) is 0. The Labute approximate surface area is 128 Å². The first-order chi connectivity index (χ1) is 9.56. The molecule has 4 heteroatoms. The van der Waals surface area contributed by atoms with Crippen molar-refractivity contribution in [3.05, 3.63) is 69.5 Å². The van der Waals surface area contributed by atoms with Crippen molar-refractivity contribution >= 4 is 23.2 Å². The van der Waals surface area contributed by atoms with Crippen LogP contribution in [-0.2, 0) is 6.42 Å². The maximum atomic E-state index is 13.4. The first kappa shape index (κ1) is 15.3. The molecule has 20 heavy (non-hydrogen) atoms. The predicted octanol–water partition coefficient (Wildman–Crippen LogP) is 5.03. The molecule has 0 saturated carbocycles. The summed E-state index contributed by atoms with van der Waals surface area (Å²) >= 11 is 11.5. The molecule has 1 nitrogen and oxygen atoms in total. The van der Waals surface area contributed by atoms with Gasteiger partial charge in [-0.25, -0.2) is 4.39 Å². The summed E-state index contributed by atoms with van der Waals surface area (Å²) in [5, 5.41) is 4.26. The second-order valence-electron chi connectivity index (χ2n) is 4.73. The molecule has 1 atom stereocenters. The van der Waals surface area contributed by atoms with Gasteiger partial charge in [-0.2, -0.15) is 0 Å². The Kier molecular flexibility index (Phi) is 5.41. The summed E-state index contributed by atoms with van der Waals surface area (Å²) in [5.74, 6) is -0.379. The molecule has 1 unspecified atom stereocenters. The lowest BCUT2D eigenvalue weighted by Gasteiger charge is -2.14. The molecule has 0 heterocycles. The van der Waals surface area contributed by atoms with Crippen molar-refractivity contribution in [1.29, 1.82) is 0 Å². The van der Waals surface area contributed by atoms with E-state index in [1.54, 1.807) is 6.07 Å². The summed E-state index contributed by atoms with van der Waals surface area (Å²) in [6, 6.07) is 12.8. The molecule has 0 aliphatic heterocycles. The van der Waals surface area contributed by atoms with Crippen LogP contribution in [0, 0.1) is 5.82 Å². The minimum absolute atomic E-state index is 0.0778. The van der Waals surface area contributed by atoms with Gasteiger partial charge >= 0.3 is 0 Å². The van der Waals surface area contributed by atoms with E-state index < -0.39 is 0 Å². The number of rotatable bonds is 5.